The van der Waals surface area contributed by atoms with Crippen LogP contribution in [0.2, 0.25) is 0 Å². The van der Waals surface area contributed by atoms with Crippen molar-refractivity contribution >= 4 is 28.4 Å². The Balaban J connectivity index is 1.68. The Morgan fingerprint density at radius 1 is 0.900 bits per heavy atom. The standard InChI is InChI=1S/C23H19N5O2/c1-14(29)26-18-8-6-16(7-9-18)15-2-4-17(5-3-15)22-12-19(23(30)28-24)20-13-25-11-10-21(20)27-22/h2-13H,24H2,1H3,(H,26,29)(H,28,30). The highest BCUT2D eigenvalue weighted by atomic mass is 16.2. The van der Waals surface area contributed by atoms with Crippen molar-refractivity contribution in [1.29, 1.82) is 0 Å². The third-order valence-electron chi connectivity index (χ3n) is 4.71. The molecule has 30 heavy (non-hydrogen) atoms. The first kappa shape index (κ1) is 19.2. The number of nitrogens with zero attached hydrogens (tertiary/aromatic N) is 2. The number of pyridine rings is 2. The molecule has 0 unspecified atom stereocenters. The molecule has 4 aromatic rings. The SMILES string of the molecule is CC(=O)Nc1ccc(-c2ccc(-c3cc(C(=O)NN)c4cnccc4n3)cc2)cc1. The van der Waals surface area contributed by atoms with Crippen molar-refractivity contribution in [1.82, 2.24) is 15.4 Å². The van der Waals surface area contributed by atoms with Crippen LogP contribution in [0.4, 0.5) is 5.69 Å². The zero-order chi connectivity index (χ0) is 21.1. The first-order valence-corrected chi connectivity index (χ1v) is 9.29. The minimum absolute atomic E-state index is 0.103. The minimum Gasteiger partial charge on any atom is -0.326 e. The van der Waals surface area contributed by atoms with E-state index in [0.717, 1.165) is 22.4 Å². The van der Waals surface area contributed by atoms with Gasteiger partial charge in [0, 0.05) is 36.0 Å². The van der Waals surface area contributed by atoms with E-state index in [2.05, 4.69) is 20.7 Å². The van der Waals surface area contributed by atoms with Crippen molar-refractivity contribution in [2.75, 3.05) is 5.32 Å². The summed E-state index contributed by atoms with van der Waals surface area (Å²) in [6.07, 6.45) is 3.24. The molecule has 2 aromatic heterocycles. The molecule has 2 heterocycles. The molecule has 4 N–H and O–H groups in total. The second kappa shape index (κ2) is 8.10. The van der Waals surface area contributed by atoms with Gasteiger partial charge < -0.3 is 5.32 Å². The Bertz CT molecular complexity index is 1230. The fourth-order valence-corrected chi connectivity index (χ4v) is 3.26. The number of nitrogen functional groups attached to an aromatic ring is 1. The Kier molecular flexibility index (Phi) is 5.19. The van der Waals surface area contributed by atoms with E-state index in [0.29, 0.717) is 22.2 Å². The van der Waals surface area contributed by atoms with Crippen LogP contribution < -0.4 is 16.6 Å². The fourth-order valence-electron chi connectivity index (χ4n) is 3.26. The van der Waals surface area contributed by atoms with Gasteiger partial charge in [0.1, 0.15) is 0 Å². The summed E-state index contributed by atoms with van der Waals surface area (Å²) in [4.78, 5) is 32.1. The number of carbonyl (C=O) groups is 2. The summed E-state index contributed by atoms with van der Waals surface area (Å²) in [6.45, 7) is 1.48. The molecule has 0 radical (unpaired) electrons. The zero-order valence-electron chi connectivity index (χ0n) is 16.2. The number of hydrazine groups is 1. The highest BCUT2D eigenvalue weighted by Crippen LogP contribution is 2.27. The van der Waals surface area contributed by atoms with Crippen LogP contribution >= 0.6 is 0 Å². The second-order valence-corrected chi connectivity index (χ2v) is 6.76. The van der Waals surface area contributed by atoms with Gasteiger partial charge in [-0.2, -0.15) is 0 Å². The molecule has 0 spiro atoms. The highest BCUT2D eigenvalue weighted by Gasteiger charge is 2.13. The Labute approximate surface area is 172 Å². The van der Waals surface area contributed by atoms with Gasteiger partial charge in [0.05, 0.1) is 16.8 Å². The monoisotopic (exact) mass is 397 g/mol. The van der Waals surface area contributed by atoms with E-state index >= 15 is 0 Å². The van der Waals surface area contributed by atoms with Crippen LogP contribution in [-0.4, -0.2) is 21.8 Å². The van der Waals surface area contributed by atoms with Gasteiger partial charge in [0.25, 0.3) is 5.91 Å². The van der Waals surface area contributed by atoms with Gasteiger partial charge >= 0.3 is 0 Å². The number of carbonyl (C=O) groups excluding carboxylic acids is 2. The first-order valence-electron chi connectivity index (χ1n) is 9.29. The maximum Gasteiger partial charge on any atom is 0.265 e. The van der Waals surface area contributed by atoms with E-state index < -0.39 is 5.91 Å². The van der Waals surface area contributed by atoms with Crippen LogP contribution in [0.3, 0.4) is 0 Å². The Morgan fingerprint density at radius 3 is 2.17 bits per heavy atom. The first-order chi connectivity index (χ1) is 14.5. The number of benzene rings is 2. The summed E-state index contributed by atoms with van der Waals surface area (Å²) < 4.78 is 0. The normalized spacial score (nSPS) is 10.6. The van der Waals surface area contributed by atoms with Crippen molar-refractivity contribution in [2.24, 2.45) is 5.84 Å². The van der Waals surface area contributed by atoms with Crippen molar-refractivity contribution in [2.45, 2.75) is 6.92 Å². The van der Waals surface area contributed by atoms with E-state index in [4.69, 9.17) is 5.84 Å². The number of rotatable bonds is 4. The largest absolute Gasteiger partial charge is 0.326 e. The minimum atomic E-state index is -0.396. The van der Waals surface area contributed by atoms with Crippen LogP contribution in [0.15, 0.2) is 73.1 Å². The van der Waals surface area contributed by atoms with E-state index in [-0.39, 0.29) is 5.91 Å². The number of hydrogen-bond donors (Lipinski definition) is 3. The molecule has 2 aromatic carbocycles. The number of hydrogen-bond acceptors (Lipinski definition) is 5. The third kappa shape index (κ3) is 3.87. The summed E-state index contributed by atoms with van der Waals surface area (Å²) in [6, 6.07) is 19.0. The van der Waals surface area contributed by atoms with Gasteiger partial charge in [-0.1, -0.05) is 36.4 Å². The third-order valence-corrected chi connectivity index (χ3v) is 4.71. The molecule has 7 heteroatoms. The maximum atomic E-state index is 12.2. The number of aromatic nitrogens is 2. The molecule has 0 bridgehead atoms. The van der Waals surface area contributed by atoms with E-state index in [1.165, 1.54) is 6.92 Å². The molecule has 0 fully saturated rings. The number of anilines is 1. The number of amides is 2. The Hall–Kier alpha value is -4.10. The summed E-state index contributed by atoms with van der Waals surface area (Å²) in [5, 5.41) is 3.39. The van der Waals surface area contributed by atoms with Crippen molar-refractivity contribution < 1.29 is 9.59 Å². The van der Waals surface area contributed by atoms with Gasteiger partial charge in [0.15, 0.2) is 0 Å². The highest BCUT2D eigenvalue weighted by molar-refractivity contribution is 6.06. The van der Waals surface area contributed by atoms with Crippen molar-refractivity contribution in [3.63, 3.8) is 0 Å². The molecular weight excluding hydrogens is 378 g/mol. The van der Waals surface area contributed by atoms with Gasteiger partial charge in [0.2, 0.25) is 5.91 Å². The molecule has 2 amide bonds. The van der Waals surface area contributed by atoms with E-state index in [1.54, 1.807) is 24.5 Å². The number of nitrogens with one attached hydrogen (secondary N) is 2. The predicted molar refractivity (Wildman–Crippen MR) is 116 cm³/mol. The molecule has 0 atom stereocenters. The molecule has 0 aliphatic carbocycles. The van der Waals surface area contributed by atoms with Crippen LogP contribution in [-0.2, 0) is 4.79 Å². The molecule has 0 aliphatic rings. The lowest BCUT2D eigenvalue weighted by Gasteiger charge is -2.10. The van der Waals surface area contributed by atoms with Crippen LogP contribution in [0.5, 0.6) is 0 Å². The van der Waals surface area contributed by atoms with Gasteiger partial charge in [-0.05, 0) is 35.4 Å². The molecule has 148 valence electrons. The average Bonchev–Trinajstić information content (AvgIpc) is 2.78. The van der Waals surface area contributed by atoms with Gasteiger partial charge in [-0.25, -0.2) is 10.8 Å². The second-order valence-electron chi connectivity index (χ2n) is 6.76. The fraction of sp³-hybridized carbons (Fsp3) is 0.0435. The summed E-state index contributed by atoms with van der Waals surface area (Å²) >= 11 is 0. The zero-order valence-corrected chi connectivity index (χ0v) is 16.2. The summed E-state index contributed by atoms with van der Waals surface area (Å²) in [7, 11) is 0. The topological polar surface area (TPSA) is 110 Å². The number of nitrogens with two attached hydrogens (primary N) is 1. The Morgan fingerprint density at radius 2 is 1.53 bits per heavy atom. The summed E-state index contributed by atoms with van der Waals surface area (Å²) in [5.41, 5.74) is 7.61. The van der Waals surface area contributed by atoms with E-state index in [9.17, 15) is 9.59 Å². The summed E-state index contributed by atoms with van der Waals surface area (Å²) in [5.74, 6) is 4.84. The molecule has 7 nitrogen and oxygen atoms in total. The van der Waals surface area contributed by atoms with Crippen molar-refractivity contribution in [3.05, 3.63) is 78.6 Å². The van der Waals surface area contributed by atoms with Gasteiger partial charge in [-0.3, -0.25) is 20.0 Å². The molecule has 0 aliphatic heterocycles. The molecular formula is C23H19N5O2. The molecule has 0 saturated carbocycles. The average molecular weight is 397 g/mol. The smallest absolute Gasteiger partial charge is 0.265 e. The maximum absolute atomic E-state index is 12.2. The van der Waals surface area contributed by atoms with Gasteiger partial charge in [-0.15, -0.1) is 0 Å². The van der Waals surface area contributed by atoms with E-state index in [1.807, 2.05) is 48.5 Å². The van der Waals surface area contributed by atoms with Crippen LogP contribution in [0.25, 0.3) is 33.3 Å². The van der Waals surface area contributed by atoms with Crippen LogP contribution in [0.1, 0.15) is 17.3 Å². The lowest BCUT2D eigenvalue weighted by Crippen LogP contribution is -2.30. The lowest BCUT2D eigenvalue weighted by molar-refractivity contribution is -0.114. The number of fused-ring (bicyclic) bond motifs is 1. The predicted octanol–water partition coefficient (Wildman–Crippen LogP) is 3.53. The lowest BCUT2D eigenvalue weighted by atomic mass is 10.0. The van der Waals surface area contributed by atoms with Crippen LogP contribution in [0, 0.1) is 0 Å². The molecule has 4 rings (SSSR count). The van der Waals surface area contributed by atoms with Crippen molar-refractivity contribution in [3.8, 4) is 22.4 Å². The quantitative estimate of drug-likeness (QED) is 0.277. The molecule has 0 saturated heterocycles.